The summed E-state index contributed by atoms with van der Waals surface area (Å²) in [5, 5.41) is 11.4. The van der Waals surface area contributed by atoms with E-state index in [1.54, 1.807) is 36.4 Å². The predicted octanol–water partition coefficient (Wildman–Crippen LogP) is 4.83. The maximum Gasteiger partial charge on any atom is 0.235 e. The summed E-state index contributed by atoms with van der Waals surface area (Å²) in [7, 11) is 1.50. The molecule has 0 unspecified atom stereocenters. The van der Waals surface area contributed by atoms with Crippen molar-refractivity contribution in [1.29, 1.82) is 0 Å². The average molecular weight is 354 g/mol. The predicted molar refractivity (Wildman–Crippen MR) is 89.8 cm³/mol. The number of ether oxygens (including phenoxy) is 2. The van der Waals surface area contributed by atoms with Gasteiger partial charge in [-0.1, -0.05) is 35.3 Å². The molecular formula is C16H13Cl2NO4. The molecule has 2 rings (SSSR count). The molecule has 7 heteroatoms. The minimum atomic E-state index is -0.528. The Morgan fingerprint density at radius 2 is 1.96 bits per heavy atom. The van der Waals surface area contributed by atoms with Crippen LogP contribution in [0.4, 0.5) is 0 Å². The fourth-order valence-corrected chi connectivity index (χ4v) is 2.31. The van der Waals surface area contributed by atoms with Gasteiger partial charge in [-0.25, -0.2) is 0 Å². The molecule has 2 aromatic rings. The number of nitrogens with zero attached hydrogens (tertiary/aromatic N) is 1. The van der Waals surface area contributed by atoms with Gasteiger partial charge < -0.3 is 9.47 Å². The van der Waals surface area contributed by atoms with Gasteiger partial charge in [-0.3, -0.25) is 10.1 Å². The monoisotopic (exact) mass is 353 g/mol. The molecule has 0 saturated carbocycles. The van der Waals surface area contributed by atoms with Crippen molar-refractivity contribution in [3.63, 3.8) is 0 Å². The maximum absolute atomic E-state index is 10.4. The first-order chi connectivity index (χ1) is 11.0. The highest BCUT2D eigenvalue weighted by Crippen LogP contribution is 2.30. The summed E-state index contributed by atoms with van der Waals surface area (Å²) in [6.45, 7) is 0.246. The quantitative estimate of drug-likeness (QED) is 0.551. The standard InChI is InChI=1S/C16H13Cl2NO4/c1-22-16-8-11(6-7-19(20)21)2-5-15(16)23-10-12-3-4-13(17)9-14(12)18/h2-9H,10H2,1H3/b7-6-. The van der Waals surface area contributed by atoms with Crippen LogP contribution in [0.1, 0.15) is 11.1 Å². The zero-order valence-electron chi connectivity index (χ0n) is 12.2. The van der Waals surface area contributed by atoms with E-state index in [0.29, 0.717) is 27.1 Å². The lowest BCUT2D eigenvalue weighted by molar-refractivity contribution is -0.400. The third kappa shape index (κ3) is 4.87. The molecule has 0 amide bonds. The molecule has 0 heterocycles. The lowest BCUT2D eigenvalue weighted by atomic mass is 10.2. The van der Waals surface area contributed by atoms with Crippen LogP contribution in [0.2, 0.25) is 10.0 Å². The van der Waals surface area contributed by atoms with Crippen molar-refractivity contribution in [1.82, 2.24) is 0 Å². The second kappa shape index (κ2) is 7.85. The van der Waals surface area contributed by atoms with Crippen molar-refractivity contribution < 1.29 is 14.4 Å². The molecule has 0 spiro atoms. The van der Waals surface area contributed by atoms with E-state index >= 15 is 0 Å². The fraction of sp³-hybridized carbons (Fsp3) is 0.125. The largest absolute Gasteiger partial charge is 0.493 e. The molecule has 0 bridgehead atoms. The molecule has 0 aliphatic rings. The fourth-order valence-electron chi connectivity index (χ4n) is 1.85. The third-order valence-electron chi connectivity index (χ3n) is 2.97. The molecule has 0 saturated heterocycles. The Bertz CT molecular complexity index is 747. The van der Waals surface area contributed by atoms with Gasteiger partial charge >= 0.3 is 0 Å². The Morgan fingerprint density at radius 1 is 1.17 bits per heavy atom. The van der Waals surface area contributed by atoms with E-state index in [9.17, 15) is 10.1 Å². The Kier molecular flexibility index (Phi) is 5.84. The molecule has 5 nitrogen and oxygen atoms in total. The molecule has 0 aromatic heterocycles. The van der Waals surface area contributed by atoms with Crippen LogP contribution in [0.3, 0.4) is 0 Å². The number of hydrogen-bond acceptors (Lipinski definition) is 4. The Labute approximate surface area is 143 Å². The summed E-state index contributed by atoms with van der Waals surface area (Å²) in [5.41, 5.74) is 1.42. The number of hydrogen-bond donors (Lipinski definition) is 0. The van der Waals surface area contributed by atoms with Gasteiger partial charge in [0.1, 0.15) is 6.61 Å². The summed E-state index contributed by atoms with van der Waals surface area (Å²) in [4.78, 5) is 9.82. The topological polar surface area (TPSA) is 61.6 Å². The number of rotatable bonds is 6. The first-order valence-corrected chi connectivity index (χ1v) is 7.31. The molecule has 0 aliphatic carbocycles. The van der Waals surface area contributed by atoms with E-state index < -0.39 is 4.92 Å². The van der Waals surface area contributed by atoms with Crippen LogP contribution in [0, 0.1) is 10.1 Å². The van der Waals surface area contributed by atoms with Gasteiger partial charge in [0, 0.05) is 21.7 Å². The van der Waals surface area contributed by atoms with Crippen LogP contribution >= 0.6 is 23.2 Å². The minimum absolute atomic E-state index is 0.246. The van der Waals surface area contributed by atoms with Gasteiger partial charge in [-0.05, 0) is 29.8 Å². The van der Waals surface area contributed by atoms with E-state index in [1.165, 1.54) is 13.2 Å². The highest BCUT2D eigenvalue weighted by atomic mass is 35.5. The van der Waals surface area contributed by atoms with Crippen molar-refractivity contribution in [2.75, 3.05) is 7.11 Å². The van der Waals surface area contributed by atoms with Gasteiger partial charge in [-0.2, -0.15) is 0 Å². The van der Waals surface area contributed by atoms with E-state index in [0.717, 1.165) is 11.8 Å². The van der Waals surface area contributed by atoms with Crippen molar-refractivity contribution in [2.24, 2.45) is 0 Å². The van der Waals surface area contributed by atoms with E-state index in [2.05, 4.69) is 0 Å². The van der Waals surface area contributed by atoms with Crippen LogP contribution in [-0.4, -0.2) is 12.0 Å². The normalized spacial score (nSPS) is 10.7. The molecule has 2 aromatic carbocycles. The maximum atomic E-state index is 10.4. The van der Waals surface area contributed by atoms with Gasteiger partial charge in [0.2, 0.25) is 6.20 Å². The highest BCUT2D eigenvalue weighted by molar-refractivity contribution is 6.35. The van der Waals surface area contributed by atoms with Gasteiger partial charge in [0.05, 0.1) is 12.0 Å². The van der Waals surface area contributed by atoms with Gasteiger partial charge in [0.25, 0.3) is 0 Å². The third-order valence-corrected chi connectivity index (χ3v) is 3.56. The first kappa shape index (κ1) is 17.1. The smallest absolute Gasteiger partial charge is 0.235 e. The number of methoxy groups -OCH3 is 1. The van der Waals surface area contributed by atoms with E-state index in [-0.39, 0.29) is 6.61 Å². The molecule has 0 atom stereocenters. The van der Waals surface area contributed by atoms with Crippen molar-refractivity contribution in [3.8, 4) is 11.5 Å². The molecular weight excluding hydrogens is 341 g/mol. The summed E-state index contributed by atoms with van der Waals surface area (Å²) in [6, 6.07) is 10.2. The van der Waals surface area contributed by atoms with E-state index in [1.807, 2.05) is 0 Å². The second-order valence-electron chi connectivity index (χ2n) is 4.54. The number of nitro groups is 1. The SMILES string of the molecule is COc1cc(/C=C\[N+](=O)[O-])ccc1OCc1ccc(Cl)cc1Cl. The summed E-state index contributed by atoms with van der Waals surface area (Å²) in [6.07, 6.45) is 2.24. The lowest BCUT2D eigenvalue weighted by Crippen LogP contribution is -1.98. The number of benzene rings is 2. The van der Waals surface area contributed by atoms with Crippen LogP contribution in [-0.2, 0) is 6.61 Å². The minimum Gasteiger partial charge on any atom is -0.493 e. The second-order valence-corrected chi connectivity index (χ2v) is 5.38. The van der Waals surface area contributed by atoms with Crippen molar-refractivity contribution in [3.05, 3.63) is 73.9 Å². The molecule has 0 fully saturated rings. The van der Waals surface area contributed by atoms with Crippen molar-refractivity contribution >= 4 is 29.3 Å². The summed E-state index contributed by atoms with van der Waals surface area (Å²) >= 11 is 11.9. The highest BCUT2D eigenvalue weighted by Gasteiger charge is 2.08. The molecule has 0 N–H and O–H groups in total. The molecule has 0 aliphatic heterocycles. The van der Waals surface area contributed by atoms with E-state index in [4.69, 9.17) is 32.7 Å². The first-order valence-electron chi connectivity index (χ1n) is 6.56. The molecule has 0 radical (unpaired) electrons. The average Bonchev–Trinajstić information content (AvgIpc) is 2.52. The summed E-state index contributed by atoms with van der Waals surface area (Å²) in [5.74, 6) is 0.984. The zero-order chi connectivity index (χ0) is 16.8. The van der Waals surface area contributed by atoms with Crippen molar-refractivity contribution in [2.45, 2.75) is 6.61 Å². The lowest BCUT2D eigenvalue weighted by Gasteiger charge is -2.12. The van der Waals surface area contributed by atoms with Crippen LogP contribution < -0.4 is 9.47 Å². The molecule has 23 heavy (non-hydrogen) atoms. The van der Waals surface area contributed by atoms with Crippen LogP contribution in [0.15, 0.2) is 42.6 Å². The van der Waals surface area contributed by atoms with Gasteiger partial charge in [0.15, 0.2) is 11.5 Å². The summed E-state index contributed by atoms with van der Waals surface area (Å²) < 4.78 is 11.0. The van der Waals surface area contributed by atoms with Crippen LogP contribution in [0.25, 0.3) is 6.08 Å². The number of halogens is 2. The van der Waals surface area contributed by atoms with Gasteiger partial charge in [-0.15, -0.1) is 0 Å². The Morgan fingerprint density at radius 3 is 2.61 bits per heavy atom. The zero-order valence-corrected chi connectivity index (χ0v) is 13.7. The molecule has 120 valence electrons. The van der Waals surface area contributed by atoms with Crippen LogP contribution in [0.5, 0.6) is 11.5 Å². The Balaban J connectivity index is 2.14. The Hall–Kier alpha value is -2.24.